The molecule has 0 unspecified atom stereocenters. The third-order valence-electron chi connectivity index (χ3n) is 2.86. The van der Waals surface area contributed by atoms with Crippen LogP contribution in [0.5, 0.6) is 0 Å². The number of hydrogen-bond acceptors (Lipinski definition) is 1. The minimum absolute atomic E-state index is 0.517. The largest absolute Gasteiger partial charge is 0.298 e. The highest BCUT2D eigenvalue weighted by Crippen LogP contribution is 2.27. The van der Waals surface area contributed by atoms with E-state index >= 15 is 0 Å². The summed E-state index contributed by atoms with van der Waals surface area (Å²) >= 11 is 12.1. The molecular formula is C14H10Cl2N2. The summed E-state index contributed by atoms with van der Waals surface area (Å²) in [6.45, 7) is 2.03. The molecule has 0 fully saturated rings. The molecule has 0 N–H and O–H groups in total. The van der Waals surface area contributed by atoms with Crippen LogP contribution in [0, 0.1) is 6.92 Å². The topological polar surface area (TPSA) is 17.3 Å². The van der Waals surface area contributed by atoms with E-state index in [1.54, 1.807) is 0 Å². The van der Waals surface area contributed by atoms with Crippen LogP contribution in [0.15, 0.2) is 42.6 Å². The van der Waals surface area contributed by atoms with Gasteiger partial charge in [-0.15, -0.1) is 0 Å². The van der Waals surface area contributed by atoms with Crippen molar-refractivity contribution in [3.63, 3.8) is 0 Å². The summed E-state index contributed by atoms with van der Waals surface area (Å²) in [6, 6.07) is 11.6. The third-order valence-corrected chi connectivity index (χ3v) is 3.39. The molecule has 3 rings (SSSR count). The Morgan fingerprint density at radius 2 is 1.78 bits per heavy atom. The monoisotopic (exact) mass is 276 g/mol. The molecule has 0 bridgehead atoms. The van der Waals surface area contributed by atoms with E-state index in [-0.39, 0.29) is 0 Å². The van der Waals surface area contributed by atoms with Gasteiger partial charge in [0.15, 0.2) is 5.15 Å². The zero-order valence-corrected chi connectivity index (χ0v) is 11.2. The van der Waals surface area contributed by atoms with Crippen LogP contribution in [0.4, 0.5) is 0 Å². The Balaban J connectivity index is 2.26. The molecule has 2 nitrogen and oxygen atoms in total. The zero-order chi connectivity index (χ0) is 12.7. The lowest BCUT2D eigenvalue weighted by atomic mass is 10.2. The van der Waals surface area contributed by atoms with Crippen molar-refractivity contribution in [2.45, 2.75) is 6.92 Å². The molecule has 0 radical (unpaired) electrons. The number of nitrogens with zero attached hydrogens (tertiary/aromatic N) is 2. The van der Waals surface area contributed by atoms with Crippen molar-refractivity contribution in [2.75, 3.05) is 0 Å². The van der Waals surface area contributed by atoms with Crippen molar-refractivity contribution in [2.24, 2.45) is 0 Å². The van der Waals surface area contributed by atoms with Gasteiger partial charge in [0.05, 0.1) is 5.52 Å². The maximum Gasteiger partial charge on any atom is 0.155 e. The summed E-state index contributed by atoms with van der Waals surface area (Å²) in [5, 5.41) is 1.23. The fourth-order valence-electron chi connectivity index (χ4n) is 1.96. The third kappa shape index (κ3) is 1.88. The number of benzene rings is 1. The Bertz CT molecular complexity index is 714. The minimum Gasteiger partial charge on any atom is -0.298 e. The summed E-state index contributed by atoms with van der Waals surface area (Å²) in [7, 11) is 0. The molecule has 18 heavy (non-hydrogen) atoms. The molecule has 0 aliphatic carbocycles. The van der Waals surface area contributed by atoms with Crippen LogP contribution >= 0.6 is 23.2 Å². The van der Waals surface area contributed by atoms with Crippen LogP contribution in [0.25, 0.3) is 16.9 Å². The first-order valence-corrected chi connectivity index (χ1v) is 6.31. The lowest BCUT2D eigenvalue weighted by Gasteiger charge is -2.02. The van der Waals surface area contributed by atoms with Crippen molar-refractivity contribution in [3.05, 3.63) is 58.3 Å². The first-order chi connectivity index (χ1) is 8.65. The molecule has 0 aliphatic rings. The van der Waals surface area contributed by atoms with Crippen LogP contribution in [0.3, 0.4) is 0 Å². The highest BCUT2D eigenvalue weighted by molar-refractivity contribution is 6.33. The Morgan fingerprint density at radius 3 is 2.50 bits per heavy atom. The normalized spacial score (nSPS) is 11.1. The van der Waals surface area contributed by atoms with Gasteiger partial charge >= 0.3 is 0 Å². The molecule has 1 aromatic carbocycles. The molecule has 4 heteroatoms. The van der Waals surface area contributed by atoms with Crippen LogP contribution in [0.2, 0.25) is 10.2 Å². The lowest BCUT2D eigenvalue weighted by molar-refractivity contribution is 1.15. The van der Waals surface area contributed by atoms with Gasteiger partial charge in [0, 0.05) is 16.8 Å². The Kier molecular flexibility index (Phi) is 2.77. The van der Waals surface area contributed by atoms with Gasteiger partial charge in [-0.1, -0.05) is 23.2 Å². The van der Waals surface area contributed by atoms with Crippen LogP contribution in [-0.4, -0.2) is 9.38 Å². The van der Waals surface area contributed by atoms with Gasteiger partial charge in [0.25, 0.3) is 0 Å². The van der Waals surface area contributed by atoms with Gasteiger partial charge in [-0.2, -0.15) is 0 Å². The molecule has 0 saturated heterocycles. The van der Waals surface area contributed by atoms with Crippen molar-refractivity contribution >= 4 is 28.7 Å². The molecule has 3 aromatic rings. The Hall–Kier alpha value is -1.51. The molecule has 2 aromatic heterocycles. The number of hydrogen-bond donors (Lipinski definition) is 0. The van der Waals surface area contributed by atoms with E-state index in [0.717, 1.165) is 22.5 Å². The second-order valence-corrected chi connectivity index (χ2v) is 4.99. The summed E-state index contributed by atoms with van der Waals surface area (Å²) in [4.78, 5) is 4.42. The predicted molar refractivity (Wildman–Crippen MR) is 75.4 cm³/mol. The van der Waals surface area contributed by atoms with Crippen LogP contribution < -0.4 is 0 Å². The summed E-state index contributed by atoms with van der Waals surface area (Å²) in [5.74, 6) is 0.826. The second-order valence-electron chi connectivity index (χ2n) is 4.19. The van der Waals surface area contributed by atoms with Gasteiger partial charge in [0.2, 0.25) is 0 Å². The molecular weight excluding hydrogens is 267 g/mol. The quantitative estimate of drug-likeness (QED) is 0.634. The first-order valence-electron chi connectivity index (χ1n) is 5.55. The van der Waals surface area contributed by atoms with Gasteiger partial charge in [-0.3, -0.25) is 4.40 Å². The van der Waals surface area contributed by atoms with E-state index in [1.165, 1.54) is 0 Å². The van der Waals surface area contributed by atoms with E-state index in [9.17, 15) is 0 Å². The van der Waals surface area contributed by atoms with Crippen LogP contribution in [0.1, 0.15) is 5.56 Å². The Labute approximate surface area is 115 Å². The lowest BCUT2D eigenvalue weighted by Crippen LogP contribution is -1.89. The maximum atomic E-state index is 6.17. The number of fused-ring (bicyclic) bond motifs is 1. The van der Waals surface area contributed by atoms with E-state index in [0.29, 0.717) is 10.2 Å². The molecule has 2 heterocycles. The molecule has 0 aliphatic heterocycles. The van der Waals surface area contributed by atoms with Crippen molar-refractivity contribution in [1.82, 2.24) is 9.38 Å². The first kappa shape index (κ1) is 11.6. The average Bonchev–Trinajstić information content (AvgIpc) is 2.68. The predicted octanol–water partition coefficient (Wildman–Crippen LogP) is 4.62. The number of aromatic nitrogens is 2. The SMILES string of the molecule is Cc1ccn2c(-c3ccc(Cl)cc3)nc(Cl)c2c1. The van der Waals surface area contributed by atoms with E-state index < -0.39 is 0 Å². The maximum absolute atomic E-state index is 6.17. The zero-order valence-electron chi connectivity index (χ0n) is 9.69. The number of rotatable bonds is 1. The Morgan fingerprint density at radius 1 is 1.06 bits per heavy atom. The van der Waals surface area contributed by atoms with Gasteiger partial charge in [-0.25, -0.2) is 4.98 Å². The minimum atomic E-state index is 0.517. The standard InChI is InChI=1S/C14H10Cl2N2/c1-9-6-7-18-12(8-9)13(16)17-14(18)10-2-4-11(15)5-3-10/h2-8H,1H3. The highest BCUT2D eigenvalue weighted by atomic mass is 35.5. The number of pyridine rings is 1. The van der Waals surface area contributed by atoms with E-state index in [2.05, 4.69) is 4.98 Å². The van der Waals surface area contributed by atoms with Crippen LogP contribution in [-0.2, 0) is 0 Å². The summed E-state index contributed by atoms with van der Waals surface area (Å²) in [6.07, 6.45) is 1.98. The van der Waals surface area contributed by atoms with Crippen molar-refractivity contribution in [1.29, 1.82) is 0 Å². The van der Waals surface area contributed by atoms with E-state index in [1.807, 2.05) is 53.9 Å². The van der Waals surface area contributed by atoms with E-state index in [4.69, 9.17) is 23.2 Å². The van der Waals surface area contributed by atoms with Gasteiger partial charge < -0.3 is 0 Å². The number of imidazole rings is 1. The van der Waals surface area contributed by atoms with Crippen molar-refractivity contribution in [3.8, 4) is 11.4 Å². The molecule has 0 atom stereocenters. The number of halogens is 2. The van der Waals surface area contributed by atoms with Crippen molar-refractivity contribution < 1.29 is 0 Å². The summed E-state index contributed by atoms with van der Waals surface area (Å²) in [5.41, 5.74) is 3.07. The molecule has 0 amide bonds. The fraction of sp³-hybridized carbons (Fsp3) is 0.0714. The average molecular weight is 277 g/mol. The molecule has 0 spiro atoms. The molecule has 90 valence electrons. The smallest absolute Gasteiger partial charge is 0.155 e. The molecule has 0 saturated carbocycles. The van der Waals surface area contributed by atoms with Gasteiger partial charge in [0.1, 0.15) is 5.82 Å². The fourth-order valence-corrected chi connectivity index (χ4v) is 2.31. The second kappa shape index (κ2) is 4.30. The highest BCUT2D eigenvalue weighted by Gasteiger charge is 2.10. The number of aryl methyl sites for hydroxylation is 1. The summed E-state index contributed by atoms with van der Waals surface area (Å²) < 4.78 is 1.98. The van der Waals surface area contributed by atoms with Gasteiger partial charge in [-0.05, 0) is 48.9 Å².